The third kappa shape index (κ3) is 4.24. The zero-order valence-corrected chi connectivity index (χ0v) is 21.1. The number of benzene rings is 2. The summed E-state index contributed by atoms with van der Waals surface area (Å²) in [6, 6.07) is 4.31. The zero-order valence-electron chi connectivity index (χ0n) is 17.1. The molecular weight excluding hydrogens is 401 g/mol. The molecule has 2 aromatic rings. The summed E-state index contributed by atoms with van der Waals surface area (Å²) in [5.74, 6) is 0. The van der Waals surface area contributed by atoms with Gasteiger partial charge in [0, 0.05) is 8.32 Å². The first-order valence-electron chi connectivity index (χ1n) is 8.36. The van der Waals surface area contributed by atoms with E-state index in [0.717, 1.165) is 10.4 Å². The number of rotatable bonds is 2. The maximum Gasteiger partial charge on any atom is 2.00 e. The van der Waals surface area contributed by atoms with Crippen LogP contribution in [0.3, 0.4) is 0 Å². The molecule has 0 saturated heterocycles. The van der Waals surface area contributed by atoms with Crippen molar-refractivity contribution in [3.05, 3.63) is 56.6 Å². The van der Waals surface area contributed by atoms with E-state index in [1.54, 1.807) is 0 Å². The molecule has 0 heterocycles. The molecule has 0 aromatic heterocycles. The summed E-state index contributed by atoms with van der Waals surface area (Å²) in [7, 11) is -2.97. The van der Waals surface area contributed by atoms with E-state index in [-0.39, 0.29) is 40.0 Å². The monoisotopic (exact) mass is 428 g/mol. The van der Waals surface area contributed by atoms with E-state index in [0.29, 0.717) is 0 Å². The Morgan fingerprint density at radius 1 is 0.600 bits per heavy atom. The second kappa shape index (κ2) is 8.70. The topological polar surface area (TPSA) is 23.1 Å². The van der Waals surface area contributed by atoms with E-state index in [4.69, 9.17) is 0 Å². The van der Waals surface area contributed by atoms with E-state index in [9.17, 15) is 4.80 Å². The molecule has 0 unspecified atom stereocenters. The second-order valence-corrected chi connectivity index (χ2v) is 10.4. The van der Waals surface area contributed by atoms with Gasteiger partial charge >= 0.3 is 23.1 Å². The van der Waals surface area contributed by atoms with Gasteiger partial charge in [-0.05, 0) is 99.9 Å². The summed E-state index contributed by atoms with van der Waals surface area (Å²) in [5, 5.41) is 2.09. The molecule has 0 bridgehead atoms. The van der Waals surface area contributed by atoms with Gasteiger partial charge < -0.3 is 21.8 Å². The molecule has 25 heavy (non-hydrogen) atoms. The number of hydrogen-bond donors (Lipinski definition) is 0. The standard InChI is InChI=1S/C21H29OSi.BrH.Mg/c1-12-10-20(18(7)16(5)14(12)3)23(9,22)21-11-13(2)15(4)17(6)19(21)8;;/h10-11H,1-9H3;1H;/q-1;;+2/p-1. The Kier molecular flexibility index (Phi) is 8.65. The summed E-state index contributed by atoms with van der Waals surface area (Å²) in [6.45, 7) is 19.0. The van der Waals surface area contributed by atoms with Crippen LogP contribution in [0, 0.1) is 55.4 Å². The molecule has 0 N–H and O–H groups in total. The predicted molar refractivity (Wildman–Crippen MR) is 107 cm³/mol. The molecule has 0 fully saturated rings. The fraction of sp³-hybridized carbons (Fsp3) is 0.429. The molecule has 0 saturated carbocycles. The average molecular weight is 430 g/mol. The van der Waals surface area contributed by atoms with Gasteiger partial charge in [0.2, 0.25) is 0 Å². The maximum absolute atomic E-state index is 13.9. The molecule has 0 aliphatic carbocycles. The van der Waals surface area contributed by atoms with Crippen LogP contribution in [-0.2, 0) is 0 Å². The summed E-state index contributed by atoms with van der Waals surface area (Å²) < 4.78 is 0. The normalized spacial score (nSPS) is 11.0. The van der Waals surface area contributed by atoms with Crippen LogP contribution in [-0.4, -0.2) is 31.4 Å². The Balaban J connectivity index is 0.00000288. The summed E-state index contributed by atoms with van der Waals surface area (Å²) in [5.41, 5.74) is 10.0. The molecule has 0 aliphatic rings. The molecule has 0 amide bonds. The Labute approximate surface area is 181 Å². The summed E-state index contributed by atoms with van der Waals surface area (Å²) in [6.07, 6.45) is 0. The Morgan fingerprint density at radius 3 is 1.16 bits per heavy atom. The summed E-state index contributed by atoms with van der Waals surface area (Å²) >= 11 is 0. The van der Waals surface area contributed by atoms with Crippen molar-refractivity contribution >= 4 is 41.7 Å². The molecule has 0 radical (unpaired) electrons. The van der Waals surface area contributed by atoms with Gasteiger partial charge in [0.1, 0.15) is 0 Å². The van der Waals surface area contributed by atoms with Crippen LogP contribution in [0.1, 0.15) is 44.5 Å². The van der Waals surface area contributed by atoms with Crippen molar-refractivity contribution in [3.8, 4) is 0 Å². The Hall–Kier alpha value is -0.137. The predicted octanol–water partition coefficient (Wildman–Crippen LogP) is -0.173. The van der Waals surface area contributed by atoms with Crippen LogP contribution in [0.25, 0.3) is 0 Å². The Morgan fingerprint density at radius 2 is 0.880 bits per heavy atom. The van der Waals surface area contributed by atoms with Gasteiger partial charge in [0.25, 0.3) is 0 Å². The molecule has 132 valence electrons. The molecule has 1 nitrogen and oxygen atoms in total. The van der Waals surface area contributed by atoms with Gasteiger partial charge in [-0.3, -0.25) is 0 Å². The fourth-order valence-electron chi connectivity index (χ4n) is 3.56. The van der Waals surface area contributed by atoms with Crippen molar-refractivity contribution in [2.45, 2.75) is 61.9 Å². The Bertz CT molecular complexity index is 732. The third-order valence-corrected chi connectivity index (χ3v) is 9.09. The number of aryl methyl sites for hydroxylation is 2. The van der Waals surface area contributed by atoms with Gasteiger partial charge in [-0.1, -0.05) is 29.1 Å². The van der Waals surface area contributed by atoms with Gasteiger partial charge in [0.05, 0.1) is 0 Å². The van der Waals surface area contributed by atoms with E-state index in [1.165, 1.54) is 44.5 Å². The first-order chi connectivity index (χ1) is 10.5. The molecule has 2 aromatic carbocycles. The first kappa shape index (κ1) is 24.9. The maximum atomic E-state index is 13.9. The van der Waals surface area contributed by atoms with E-state index in [1.807, 2.05) is 6.55 Å². The molecular formula is C21H29BrMgOSi. The summed E-state index contributed by atoms with van der Waals surface area (Å²) in [4.78, 5) is 13.9. The van der Waals surface area contributed by atoms with Crippen LogP contribution >= 0.6 is 0 Å². The number of hydrogen-bond acceptors (Lipinski definition) is 1. The van der Waals surface area contributed by atoms with Gasteiger partial charge in [-0.15, -0.1) is 0 Å². The van der Waals surface area contributed by atoms with Gasteiger partial charge in [-0.2, -0.15) is 0 Å². The van der Waals surface area contributed by atoms with Crippen molar-refractivity contribution < 1.29 is 21.8 Å². The van der Waals surface area contributed by atoms with Crippen LogP contribution in [0.2, 0.25) is 6.55 Å². The van der Waals surface area contributed by atoms with Gasteiger partial charge in [-0.25, -0.2) is 0 Å². The van der Waals surface area contributed by atoms with E-state index in [2.05, 4.69) is 67.5 Å². The second-order valence-electron chi connectivity index (χ2n) is 7.27. The van der Waals surface area contributed by atoms with Crippen molar-refractivity contribution in [1.29, 1.82) is 0 Å². The smallest absolute Gasteiger partial charge is 1.00 e. The van der Waals surface area contributed by atoms with Crippen LogP contribution in [0.4, 0.5) is 0 Å². The van der Waals surface area contributed by atoms with Gasteiger partial charge in [0.15, 0.2) is 0 Å². The minimum absolute atomic E-state index is 0. The quantitative estimate of drug-likeness (QED) is 0.608. The minimum atomic E-state index is -2.97. The SMILES string of the molecule is Cc1cc([Si](C)([O-])c2cc(C)c(C)c(C)c2C)c(C)c(C)c1C.[Br-].[Mg+2]. The first-order valence-corrected chi connectivity index (χ1v) is 10.8. The van der Waals surface area contributed by atoms with E-state index >= 15 is 0 Å². The minimum Gasteiger partial charge on any atom is -1.00 e. The van der Waals surface area contributed by atoms with Crippen molar-refractivity contribution in [3.63, 3.8) is 0 Å². The molecule has 0 aliphatic heterocycles. The van der Waals surface area contributed by atoms with Crippen LogP contribution in [0.15, 0.2) is 12.1 Å². The van der Waals surface area contributed by atoms with Crippen molar-refractivity contribution in [2.75, 3.05) is 0 Å². The van der Waals surface area contributed by atoms with Crippen molar-refractivity contribution in [2.24, 2.45) is 0 Å². The van der Waals surface area contributed by atoms with E-state index < -0.39 is 8.32 Å². The molecule has 2 rings (SSSR count). The average Bonchev–Trinajstić information content (AvgIpc) is 2.49. The fourth-order valence-corrected chi connectivity index (χ4v) is 6.64. The largest absolute Gasteiger partial charge is 2.00 e. The van der Waals surface area contributed by atoms with Crippen LogP contribution in [0.5, 0.6) is 0 Å². The van der Waals surface area contributed by atoms with Crippen molar-refractivity contribution in [1.82, 2.24) is 0 Å². The van der Waals surface area contributed by atoms with Crippen LogP contribution < -0.4 is 32.2 Å². The third-order valence-electron chi connectivity index (χ3n) is 5.99. The molecule has 0 spiro atoms. The molecule has 0 atom stereocenters. The number of halogens is 1. The zero-order chi connectivity index (χ0) is 17.7. The molecule has 4 heteroatoms.